The van der Waals surface area contributed by atoms with Crippen LogP contribution < -0.4 is 10.1 Å². The van der Waals surface area contributed by atoms with Gasteiger partial charge < -0.3 is 19.9 Å². The highest BCUT2D eigenvalue weighted by atomic mass is 16.5. The highest BCUT2D eigenvalue weighted by Crippen LogP contribution is 2.18. The minimum atomic E-state index is -1.07. The first-order valence-electron chi connectivity index (χ1n) is 7.79. The van der Waals surface area contributed by atoms with Crippen molar-refractivity contribution in [3.63, 3.8) is 0 Å². The van der Waals surface area contributed by atoms with Crippen molar-refractivity contribution in [2.24, 2.45) is 0 Å². The lowest BCUT2D eigenvalue weighted by atomic mass is 10.1. The molecule has 0 aliphatic carbocycles. The van der Waals surface area contributed by atoms with Crippen LogP contribution in [0.4, 0.5) is 5.69 Å². The lowest BCUT2D eigenvalue weighted by molar-refractivity contribution is -0.122. The number of hydrogen-bond acceptors (Lipinski definition) is 4. The number of aryl methyl sites for hydroxylation is 1. The number of hydrogen-bond donors (Lipinski definition) is 2. The van der Waals surface area contributed by atoms with Crippen LogP contribution in [0.3, 0.4) is 0 Å². The third-order valence-corrected chi connectivity index (χ3v) is 3.52. The summed E-state index contributed by atoms with van der Waals surface area (Å²) in [7, 11) is 1.52. The molecule has 0 aromatic heterocycles. The molecule has 0 aliphatic heterocycles. The van der Waals surface area contributed by atoms with Crippen LogP contribution in [0.15, 0.2) is 42.5 Å². The van der Waals surface area contributed by atoms with E-state index in [1.54, 1.807) is 25.1 Å². The molecule has 132 valence electrons. The number of anilines is 1. The molecule has 0 fully saturated rings. The molecule has 2 aromatic carbocycles. The summed E-state index contributed by atoms with van der Waals surface area (Å²) in [5.74, 6) is -0.850. The summed E-state index contributed by atoms with van der Waals surface area (Å²) in [6.45, 7) is 3.85. The first kappa shape index (κ1) is 18.5. The van der Waals surface area contributed by atoms with Crippen molar-refractivity contribution in [2.45, 2.75) is 26.6 Å². The quantitative estimate of drug-likeness (QED) is 0.806. The second-order valence-electron chi connectivity index (χ2n) is 5.72. The van der Waals surface area contributed by atoms with Gasteiger partial charge in [-0.15, -0.1) is 0 Å². The minimum absolute atomic E-state index is 0.0805. The van der Waals surface area contributed by atoms with E-state index in [0.29, 0.717) is 17.0 Å². The number of carbonyl (C=O) groups excluding carboxylic acids is 1. The highest BCUT2D eigenvalue weighted by molar-refractivity contribution is 5.96. The summed E-state index contributed by atoms with van der Waals surface area (Å²) in [6.07, 6.45) is -0.734. The fourth-order valence-corrected chi connectivity index (χ4v) is 2.26. The van der Waals surface area contributed by atoms with E-state index in [9.17, 15) is 14.7 Å². The Labute approximate surface area is 146 Å². The van der Waals surface area contributed by atoms with Crippen LogP contribution in [0.25, 0.3) is 0 Å². The number of nitrogens with one attached hydrogen (secondary N) is 1. The smallest absolute Gasteiger partial charge is 0.335 e. The lowest BCUT2D eigenvalue weighted by Gasteiger charge is -2.15. The molecule has 6 nitrogen and oxygen atoms in total. The topological polar surface area (TPSA) is 84.9 Å². The van der Waals surface area contributed by atoms with Gasteiger partial charge in [-0.1, -0.05) is 17.7 Å². The number of carboxylic acids is 1. The van der Waals surface area contributed by atoms with Gasteiger partial charge in [0.25, 0.3) is 5.91 Å². The Hall–Kier alpha value is -2.86. The molecule has 0 spiro atoms. The zero-order valence-corrected chi connectivity index (χ0v) is 14.4. The second-order valence-corrected chi connectivity index (χ2v) is 5.72. The van der Waals surface area contributed by atoms with Gasteiger partial charge in [-0.25, -0.2) is 4.79 Å². The summed E-state index contributed by atoms with van der Waals surface area (Å²) in [4.78, 5) is 23.5. The van der Waals surface area contributed by atoms with Crippen molar-refractivity contribution >= 4 is 17.6 Å². The molecule has 0 aliphatic rings. The SMILES string of the molecule is COCc1cc(NC(=O)C(C)Oc2ccc(C)cc2)cc(C(=O)O)c1. The fraction of sp³-hybridized carbons (Fsp3) is 0.263. The van der Waals surface area contributed by atoms with Gasteiger partial charge in [-0.2, -0.15) is 0 Å². The Balaban J connectivity index is 2.10. The van der Waals surface area contributed by atoms with Crippen LogP contribution in [0.2, 0.25) is 0 Å². The zero-order chi connectivity index (χ0) is 18.4. The largest absolute Gasteiger partial charge is 0.481 e. The third kappa shape index (κ3) is 5.32. The summed E-state index contributed by atoms with van der Waals surface area (Å²) in [5.41, 5.74) is 2.22. The molecule has 6 heteroatoms. The van der Waals surface area contributed by atoms with Crippen LogP contribution >= 0.6 is 0 Å². The van der Waals surface area contributed by atoms with Crippen molar-refractivity contribution in [3.05, 3.63) is 59.2 Å². The molecule has 2 aromatic rings. The number of rotatable bonds is 7. The van der Waals surface area contributed by atoms with Crippen molar-refractivity contribution < 1.29 is 24.2 Å². The number of methoxy groups -OCH3 is 1. The standard InChI is InChI=1S/C19H21NO5/c1-12-4-6-17(7-5-12)25-13(2)18(21)20-16-9-14(11-24-3)8-15(10-16)19(22)23/h4-10,13H,11H2,1-3H3,(H,20,21)(H,22,23). The first-order chi connectivity index (χ1) is 11.9. The molecule has 0 saturated heterocycles. The third-order valence-electron chi connectivity index (χ3n) is 3.52. The molecule has 0 radical (unpaired) electrons. The molecule has 1 unspecified atom stereocenters. The summed E-state index contributed by atoms with van der Waals surface area (Å²) in [6, 6.07) is 12.0. The van der Waals surface area contributed by atoms with Crippen LogP contribution in [0.1, 0.15) is 28.4 Å². The van der Waals surface area contributed by atoms with Gasteiger partial charge in [-0.3, -0.25) is 4.79 Å². The van der Waals surface area contributed by atoms with Gasteiger partial charge >= 0.3 is 5.97 Å². The fourth-order valence-electron chi connectivity index (χ4n) is 2.26. The van der Waals surface area contributed by atoms with Crippen molar-refractivity contribution in [3.8, 4) is 5.75 Å². The summed E-state index contributed by atoms with van der Waals surface area (Å²) in [5, 5.41) is 11.9. The Morgan fingerprint density at radius 1 is 1.16 bits per heavy atom. The molecule has 0 saturated carbocycles. The maximum absolute atomic E-state index is 12.3. The van der Waals surface area contributed by atoms with E-state index in [0.717, 1.165) is 5.56 Å². The number of carbonyl (C=O) groups is 2. The van der Waals surface area contributed by atoms with Gasteiger partial charge in [0.2, 0.25) is 0 Å². The average Bonchev–Trinajstić information content (AvgIpc) is 2.57. The van der Waals surface area contributed by atoms with E-state index in [1.165, 1.54) is 19.2 Å². The maximum atomic E-state index is 12.3. The van der Waals surface area contributed by atoms with Crippen LogP contribution in [0, 0.1) is 6.92 Å². The normalized spacial score (nSPS) is 11.6. The van der Waals surface area contributed by atoms with E-state index in [1.807, 2.05) is 19.1 Å². The van der Waals surface area contributed by atoms with Crippen LogP contribution in [-0.4, -0.2) is 30.2 Å². The molecule has 1 atom stereocenters. The summed E-state index contributed by atoms with van der Waals surface area (Å²) >= 11 is 0. The van der Waals surface area contributed by atoms with E-state index in [-0.39, 0.29) is 18.1 Å². The van der Waals surface area contributed by atoms with E-state index < -0.39 is 12.1 Å². The number of benzene rings is 2. The average molecular weight is 343 g/mol. The second kappa shape index (κ2) is 8.30. The molecule has 2 rings (SSSR count). The van der Waals surface area contributed by atoms with Gasteiger partial charge in [0, 0.05) is 12.8 Å². The van der Waals surface area contributed by atoms with Crippen molar-refractivity contribution in [2.75, 3.05) is 12.4 Å². The molecule has 1 amide bonds. The Morgan fingerprint density at radius 2 is 1.84 bits per heavy atom. The van der Waals surface area contributed by atoms with Crippen LogP contribution in [-0.2, 0) is 16.1 Å². The number of ether oxygens (including phenoxy) is 2. The van der Waals surface area contributed by atoms with Crippen molar-refractivity contribution in [1.29, 1.82) is 0 Å². The lowest BCUT2D eigenvalue weighted by Crippen LogP contribution is -2.30. The van der Waals surface area contributed by atoms with Gasteiger partial charge in [0.15, 0.2) is 6.10 Å². The first-order valence-corrected chi connectivity index (χ1v) is 7.79. The minimum Gasteiger partial charge on any atom is -0.481 e. The molecule has 2 N–H and O–H groups in total. The Kier molecular flexibility index (Phi) is 6.14. The molecular weight excluding hydrogens is 322 g/mol. The Bertz CT molecular complexity index is 755. The van der Waals surface area contributed by atoms with Gasteiger partial charge in [0.05, 0.1) is 12.2 Å². The van der Waals surface area contributed by atoms with E-state index in [4.69, 9.17) is 9.47 Å². The number of amides is 1. The van der Waals surface area contributed by atoms with Crippen LogP contribution in [0.5, 0.6) is 5.75 Å². The molecular formula is C19H21NO5. The van der Waals surface area contributed by atoms with E-state index >= 15 is 0 Å². The van der Waals surface area contributed by atoms with E-state index in [2.05, 4.69) is 5.32 Å². The number of aromatic carboxylic acids is 1. The van der Waals surface area contributed by atoms with Gasteiger partial charge in [0.1, 0.15) is 5.75 Å². The number of carboxylic acid groups (broad SMARTS) is 1. The van der Waals surface area contributed by atoms with Crippen molar-refractivity contribution in [1.82, 2.24) is 0 Å². The zero-order valence-electron chi connectivity index (χ0n) is 14.4. The summed E-state index contributed by atoms with van der Waals surface area (Å²) < 4.78 is 10.6. The highest BCUT2D eigenvalue weighted by Gasteiger charge is 2.16. The molecule has 0 bridgehead atoms. The predicted molar refractivity (Wildman–Crippen MR) is 94.0 cm³/mol. The monoisotopic (exact) mass is 343 g/mol. The van der Waals surface area contributed by atoms with Gasteiger partial charge in [-0.05, 0) is 49.7 Å². The molecule has 0 heterocycles. The molecule has 25 heavy (non-hydrogen) atoms. The predicted octanol–water partition coefficient (Wildman–Crippen LogP) is 3.25. The maximum Gasteiger partial charge on any atom is 0.335 e. The Morgan fingerprint density at radius 3 is 2.44 bits per heavy atom.